The molecule has 186 valence electrons. The molecule has 0 aliphatic carbocycles. The second-order valence-corrected chi connectivity index (χ2v) is 9.11. The minimum atomic E-state index is -4.35. The van der Waals surface area contributed by atoms with Crippen molar-refractivity contribution in [1.82, 2.24) is 0 Å². The average molecular weight is 507 g/mol. The Balaban J connectivity index is 2.10. The van der Waals surface area contributed by atoms with Gasteiger partial charge in [-0.25, -0.2) is 8.42 Å². The van der Waals surface area contributed by atoms with E-state index < -0.39 is 15.9 Å². The van der Waals surface area contributed by atoms with Crippen molar-refractivity contribution in [2.45, 2.75) is 18.7 Å². The van der Waals surface area contributed by atoms with Crippen molar-refractivity contribution >= 4 is 27.7 Å². The number of benzene rings is 3. The zero-order valence-electron chi connectivity index (χ0n) is 20.2. The highest BCUT2D eigenvalue weighted by Crippen LogP contribution is 2.31. The van der Waals surface area contributed by atoms with Crippen LogP contribution in [0.2, 0.25) is 0 Å². The van der Waals surface area contributed by atoms with E-state index in [2.05, 4.69) is 0 Å². The van der Waals surface area contributed by atoms with E-state index in [-0.39, 0.29) is 16.2 Å². The molecule has 8 nitrogen and oxygen atoms in total. The van der Waals surface area contributed by atoms with E-state index in [1.807, 2.05) is 19.9 Å². The van der Waals surface area contributed by atoms with Crippen molar-refractivity contribution in [1.29, 1.82) is 5.26 Å². The SMILES string of the molecule is CCOc1ccc(N(C(=O)/C(C#N)=C/c2ccc(OCC)c(OC)c2)S(=O)(=O)c2ccccc2)cc1. The molecular weight excluding hydrogens is 480 g/mol. The molecule has 0 unspecified atom stereocenters. The third-order valence-corrected chi connectivity index (χ3v) is 6.72. The average Bonchev–Trinajstić information content (AvgIpc) is 2.89. The Morgan fingerprint density at radius 1 is 0.944 bits per heavy atom. The van der Waals surface area contributed by atoms with Crippen LogP contribution in [0.5, 0.6) is 17.2 Å². The molecule has 3 aromatic rings. The van der Waals surface area contributed by atoms with Crippen LogP contribution in [-0.2, 0) is 14.8 Å². The number of carbonyl (C=O) groups excluding carboxylic acids is 1. The molecule has 0 spiro atoms. The van der Waals surface area contributed by atoms with Crippen LogP contribution in [-0.4, -0.2) is 34.6 Å². The van der Waals surface area contributed by atoms with E-state index in [4.69, 9.17) is 14.2 Å². The topological polar surface area (TPSA) is 106 Å². The number of nitrogens with zero attached hydrogens (tertiary/aromatic N) is 2. The fourth-order valence-corrected chi connectivity index (χ4v) is 4.80. The maximum absolute atomic E-state index is 13.6. The Morgan fingerprint density at radius 2 is 1.61 bits per heavy atom. The van der Waals surface area contributed by atoms with E-state index in [9.17, 15) is 18.5 Å². The summed E-state index contributed by atoms with van der Waals surface area (Å²) in [6.45, 7) is 4.52. The highest BCUT2D eigenvalue weighted by molar-refractivity contribution is 7.93. The van der Waals surface area contributed by atoms with Gasteiger partial charge in [-0.2, -0.15) is 9.57 Å². The Kier molecular flexibility index (Phi) is 8.71. The molecule has 0 saturated heterocycles. The minimum Gasteiger partial charge on any atom is -0.494 e. The maximum atomic E-state index is 13.6. The molecule has 1 amide bonds. The summed E-state index contributed by atoms with van der Waals surface area (Å²) in [4.78, 5) is 13.5. The van der Waals surface area contributed by atoms with Crippen LogP contribution >= 0.6 is 0 Å². The van der Waals surface area contributed by atoms with Crippen molar-refractivity contribution < 1.29 is 27.4 Å². The molecular formula is C27H26N2O6S. The van der Waals surface area contributed by atoms with Crippen LogP contribution in [0.15, 0.2) is 83.3 Å². The van der Waals surface area contributed by atoms with Crippen molar-refractivity contribution in [3.05, 3.63) is 83.9 Å². The molecule has 3 aromatic carbocycles. The first-order chi connectivity index (χ1) is 17.3. The van der Waals surface area contributed by atoms with Gasteiger partial charge in [-0.05, 0) is 74.0 Å². The predicted molar refractivity (Wildman–Crippen MR) is 136 cm³/mol. The summed E-state index contributed by atoms with van der Waals surface area (Å²) in [5, 5.41) is 9.83. The van der Waals surface area contributed by atoms with Crippen molar-refractivity contribution in [3.8, 4) is 23.3 Å². The summed E-state index contributed by atoms with van der Waals surface area (Å²) < 4.78 is 44.0. The van der Waals surface area contributed by atoms with Gasteiger partial charge < -0.3 is 14.2 Å². The summed E-state index contributed by atoms with van der Waals surface area (Å²) in [5.74, 6) is 0.432. The Labute approximate surface area is 211 Å². The molecule has 0 N–H and O–H groups in total. The lowest BCUT2D eigenvalue weighted by Gasteiger charge is -2.22. The standard InChI is InChI=1S/C27H26N2O6S/c1-4-34-23-14-12-22(13-15-23)29(36(31,32)24-9-7-6-8-10-24)27(30)21(19-28)17-20-11-16-25(35-5-2)26(18-20)33-3/h6-18H,4-5H2,1-3H3/b21-17+. The van der Waals surface area contributed by atoms with Crippen LogP contribution < -0.4 is 18.5 Å². The third kappa shape index (κ3) is 5.85. The summed E-state index contributed by atoms with van der Waals surface area (Å²) in [6, 6.07) is 20.3. The van der Waals surface area contributed by atoms with Gasteiger partial charge in [0.1, 0.15) is 17.4 Å². The number of methoxy groups -OCH3 is 1. The van der Waals surface area contributed by atoms with Gasteiger partial charge in [-0.1, -0.05) is 24.3 Å². The fraction of sp³-hybridized carbons (Fsp3) is 0.185. The number of hydrogen-bond donors (Lipinski definition) is 0. The molecule has 0 heterocycles. The summed E-state index contributed by atoms with van der Waals surface area (Å²) in [6.07, 6.45) is 1.31. The maximum Gasteiger partial charge on any atom is 0.282 e. The summed E-state index contributed by atoms with van der Waals surface area (Å²) in [5.41, 5.74) is 0.149. The first-order valence-electron chi connectivity index (χ1n) is 11.2. The second-order valence-electron chi connectivity index (χ2n) is 7.33. The predicted octanol–water partition coefficient (Wildman–Crippen LogP) is 4.82. The van der Waals surface area contributed by atoms with Gasteiger partial charge in [-0.15, -0.1) is 0 Å². The van der Waals surface area contributed by atoms with Gasteiger partial charge in [0.05, 0.1) is 30.9 Å². The number of hydrogen-bond acceptors (Lipinski definition) is 7. The Hall–Kier alpha value is -4.29. The van der Waals surface area contributed by atoms with Crippen LogP contribution in [0.1, 0.15) is 19.4 Å². The number of amides is 1. The zero-order valence-corrected chi connectivity index (χ0v) is 21.0. The third-order valence-electron chi connectivity index (χ3n) is 5.00. The smallest absolute Gasteiger partial charge is 0.282 e. The number of ether oxygens (including phenoxy) is 3. The van der Waals surface area contributed by atoms with Crippen LogP contribution in [0, 0.1) is 11.3 Å². The number of rotatable bonds is 10. The first kappa shape index (κ1) is 26.3. The number of anilines is 1. The van der Waals surface area contributed by atoms with Crippen LogP contribution in [0.25, 0.3) is 6.08 Å². The highest BCUT2D eigenvalue weighted by Gasteiger charge is 2.33. The molecule has 0 radical (unpaired) electrons. The molecule has 0 atom stereocenters. The van der Waals surface area contributed by atoms with Crippen LogP contribution in [0.3, 0.4) is 0 Å². The number of carbonyl (C=O) groups is 1. The quantitative estimate of drug-likeness (QED) is 0.287. The molecule has 0 aliphatic rings. The van der Waals surface area contributed by atoms with Crippen LogP contribution in [0.4, 0.5) is 5.69 Å². The van der Waals surface area contributed by atoms with E-state index in [0.717, 1.165) is 0 Å². The zero-order chi connectivity index (χ0) is 26.1. The molecule has 0 aliphatic heterocycles. The summed E-state index contributed by atoms with van der Waals surface area (Å²) >= 11 is 0. The van der Waals surface area contributed by atoms with E-state index in [1.165, 1.54) is 37.5 Å². The molecule has 0 bridgehead atoms. The van der Waals surface area contributed by atoms with E-state index >= 15 is 0 Å². The van der Waals surface area contributed by atoms with Gasteiger partial charge in [0, 0.05) is 0 Å². The van der Waals surface area contributed by atoms with Gasteiger partial charge in [0.25, 0.3) is 15.9 Å². The van der Waals surface area contributed by atoms with Gasteiger partial charge in [0.15, 0.2) is 11.5 Å². The van der Waals surface area contributed by atoms with Crippen molar-refractivity contribution in [2.75, 3.05) is 24.6 Å². The van der Waals surface area contributed by atoms with Gasteiger partial charge in [0.2, 0.25) is 0 Å². The molecule has 9 heteroatoms. The molecule has 3 rings (SSSR count). The second kappa shape index (κ2) is 11.9. The largest absolute Gasteiger partial charge is 0.494 e. The number of sulfonamides is 1. The monoisotopic (exact) mass is 506 g/mol. The Bertz CT molecular complexity index is 1380. The number of nitriles is 1. The normalized spacial score (nSPS) is 11.3. The fourth-order valence-electron chi connectivity index (χ4n) is 3.37. The first-order valence-corrected chi connectivity index (χ1v) is 12.6. The Morgan fingerprint density at radius 3 is 2.19 bits per heavy atom. The lowest BCUT2D eigenvalue weighted by molar-refractivity contribution is -0.113. The lowest BCUT2D eigenvalue weighted by atomic mass is 10.1. The van der Waals surface area contributed by atoms with Crippen molar-refractivity contribution in [3.63, 3.8) is 0 Å². The molecule has 0 fully saturated rings. The van der Waals surface area contributed by atoms with E-state index in [1.54, 1.807) is 48.5 Å². The molecule has 0 aromatic heterocycles. The van der Waals surface area contributed by atoms with Crippen molar-refractivity contribution in [2.24, 2.45) is 0 Å². The van der Waals surface area contributed by atoms with E-state index in [0.29, 0.717) is 40.3 Å². The van der Waals surface area contributed by atoms with Gasteiger partial charge >= 0.3 is 0 Å². The minimum absolute atomic E-state index is 0.0673. The molecule has 36 heavy (non-hydrogen) atoms. The lowest BCUT2D eigenvalue weighted by Crippen LogP contribution is -2.37. The van der Waals surface area contributed by atoms with Gasteiger partial charge in [-0.3, -0.25) is 4.79 Å². The molecule has 0 saturated carbocycles. The summed E-state index contributed by atoms with van der Waals surface area (Å²) in [7, 11) is -2.87. The highest BCUT2D eigenvalue weighted by atomic mass is 32.2.